The highest BCUT2D eigenvalue weighted by Gasteiger charge is 2.53. The number of hydrogen-bond acceptors (Lipinski definition) is 5. The normalized spacial score (nSPS) is 25.9. The van der Waals surface area contributed by atoms with Gasteiger partial charge in [0, 0.05) is 6.54 Å². The van der Waals surface area contributed by atoms with Gasteiger partial charge in [-0.25, -0.2) is 9.59 Å². The molecule has 3 aliphatic rings. The number of benzene rings is 1. The number of carboxylic acid groups (broad SMARTS) is 1. The predicted octanol–water partition coefficient (Wildman–Crippen LogP) is 3.59. The molecule has 0 radical (unpaired) electrons. The van der Waals surface area contributed by atoms with Gasteiger partial charge in [0.15, 0.2) is 0 Å². The standard InChI is InChI=1S/C26H34N2O6/c1-3-21(25(30)31)28-15-20-18-10-9-16-13-22(33-2)17(12-19(16)24(18)20)8-6-4-5-7-11-34-26(32)27-14-23(28)29/h9-10,12-13,18,20-21,24H,3-8,11,14-15H2,1-2H3,(H,27,32)(H,30,31)/t18?,20?,21-,24?/m0/s1. The van der Waals surface area contributed by atoms with Gasteiger partial charge in [-0.2, -0.15) is 0 Å². The van der Waals surface area contributed by atoms with E-state index in [4.69, 9.17) is 9.47 Å². The van der Waals surface area contributed by atoms with Gasteiger partial charge < -0.3 is 24.8 Å². The van der Waals surface area contributed by atoms with Crippen LogP contribution in [0.3, 0.4) is 0 Å². The molecule has 2 N–H and O–H groups in total. The van der Waals surface area contributed by atoms with Crippen molar-refractivity contribution < 1.29 is 29.0 Å². The van der Waals surface area contributed by atoms with Gasteiger partial charge in [0.1, 0.15) is 18.3 Å². The molecule has 8 heteroatoms. The minimum Gasteiger partial charge on any atom is -0.496 e. The van der Waals surface area contributed by atoms with E-state index >= 15 is 0 Å². The number of carbonyl (C=O) groups excluding carboxylic acids is 2. The van der Waals surface area contributed by atoms with Gasteiger partial charge in [0.2, 0.25) is 5.91 Å². The van der Waals surface area contributed by atoms with Gasteiger partial charge in [-0.05, 0) is 66.2 Å². The molecule has 4 atom stereocenters. The summed E-state index contributed by atoms with van der Waals surface area (Å²) in [5.74, 6) is 0.116. The second-order valence-corrected chi connectivity index (χ2v) is 9.38. The summed E-state index contributed by atoms with van der Waals surface area (Å²) in [4.78, 5) is 38.4. The first kappa shape index (κ1) is 24.1. The number of cyclic esters (lactones) is 1. The van der Waals surface area contributed by atoms with Crippen molar-refractivity contribution in [3.63, 3.8) is 0 Å². The van der Waals surface area contributed by atoms with Crippen molar-refractivity contribution in [3.8, 4) is 5.75 Å². The maximum atomic E-state index is 13.0. The second kappa shape index (κ2) is 10.5. The SMILES string of the molecule is CC[C@@H](C(=O)O)N1CC2C3C=Cc4cc(OC)c(cc4C32)CCCCCCOC(=O)NCC1=O. The third kappa shape index (κ3) is 5.05. The van der Waals surface area contributed by atoms with E-state index < -0.39 is 24.0 Å². The first-order chi connectivity index (χ1) is 16.4. The number of ether oxygens (including phenoxy) is 2. The van der Waals surface area contributed by atoms with Crippen LogP contribution in [0.4, 0.5) is 4.79 Å². The Bertz CT molecular complexity index is 974. The fourth-order valence-electron chi connectivity index (χ4n) is 5.42. The highest BCUT2D eigenvalue weighted by molar-refractivity contribution is 5.87. The van der Waals surface area contributed by atoms with E-state index in [1.165, 1.54) is 16.0 Å². The Hall–Kier alpha value is -3.03. The maximum Gasteiger partial charge on any atom is 0.407 e. The summed E-state index contributed by atoms with van der Waals surface area (Å²) in [6.45, 7) is 2.10. The Kier molecular flexibility index (Phi) is 7.44. The number of carbonyl (C=O) groups is 3. The van der Waals surface area contributed by atoms with Crippen LogP contribution in [0.2, 0.25) is 0 Å². The lowest BCUT2D eigenvalue weighted by molar-refractivity contribution is -0.150. The molecule has 8 nitrogen and oxygen atoms in total. The van der Waals surface area contributed by atoms with Crippen LogP contribution in [0.5, 0.6) is 5.75 Å². The number of aliphatic carboxylic acids is 1. The summed E-state index contributed by atoms with van der Waals surface area (Å²) in [6, 6.07) is 3.42. The van der Waals surface area contributed by atoms with E-state index in [2.05, 4.69) is 29.6 Å². The molecule has 0 aromatic heterocycles. The van der Waals surface area contributed by atoms with Crippen LogP contribution in [0.25, 0.3) is 6.08 Å². The first-order valence-corrected chi connectivity index (χ1v) is 12.3. The number of amides is 2. The highest BCUT2D eigenvalue weighted by Crippen LogP contribution is 2.59. The molecule has 2 bridgehead atoms. The molecule has 2 amide bonds. The molecule has 1 saturated carbocycles. The van der Waals surface area contributed by atoms with Crippen molar-refractivity contribution >= 4 is 24.0 Å². The van der Waals surface area contributed by atoms with Gasteiger partial charge >= 0.3 is 12.1 Å². The number of fused-ring (bicyclic) bond motifs is 2. The quantitative estimate of drug-likeness (QED) is 0.697. The van der Waals surface area contributed by atoms with Crippen molar-refractivity contribution in [3.05, 3.63) is 34.9 Å². The molecule has 0 spiro atoms. The van der Waals surface area contributed by atoms with Gasteiger partial charge in [-0.15, -0.1) is 0 Å². The minimum absolute atomic E-state index is 0.141. The summed E-state index contributed by atoms with van der Waals surface area (Å²) in [5, 5.41) is 12.3. The molecular weight excluding hydrogens is 436 g/mol. The van der Waals surface area contributed by atoms with E-state index in [1.807, 2.05) is 0 Å². The largest absolute Gasteiger partial charge is 0.496 e. The number of nitrogens with zero attached hydrogens (tertiary/aromatic N) is 1. The Morgan fingerprint density at radius 3 is 2.79 bits per heavy atom. The van der Waals surface area contributed by atoms with Crippen LogP contribution in [-0.4, -0.2) is 60.8 Å². The van der Waals surface area contributed by atoms with E-state index in [-0.39, 0.29) is 30.9 Å². The number of rotatable bonds is 4. The molecule has 3 unspecified atom stereocenters. The molecule has 0 saturated heterocycles. The van der Waals surface area contributed by atoms with Crippen molar-refractivity contribution in [2.24, 2.45) is 11.8 Å². The molecule has 1 fully saturated rings. The molecule has 1 aromatic rings. The Morgan fingerprint density at radius 1 is 1.26 bits per heavy atom. The zero-order chi connectivity index (χ0) is 24.2. The first-order valence-electron chi connectivity index (χ1n) is 12.3. The molecular formula is C26H34N2O6. The summed E-state index contributed by atoms with van der Waals surface area (Å²) in [5.41, 5.74) is 3.57. The lowest BCUT2D eigenvalue weighted by Gasteiger charge is -2.29. The smallest absolute Gasteiger partial charge is 0.407 e. The average Bonchev–Trinajstić information content (AvgIpc) is 3.53. The van der Waals surface area contributed by atoms with Gasteiger partial charge in [0.05, 0.1) is 13.7 Å². The number of alkyl carbamates (subject to hydrolysis) is 1. The van der Waals surface area contributed by atoms with E-state index in [9.17, 15) is 19.5 Å². The zero-order valence-corrected chi connectivity index (χ0v) is 19.9. The number of nitrogens with one attached hydrogen (secondary N) is 1. The Labute approximate surface area is 200 Å². The number of methoxy groups -OCH3 is 1. The Morgan fingerprint density at radius 2 is 2.06 bits per heavy atom. The zero-order valence-electron chi connectivity index (χ0n) is 19.9. The van der Waals surface area contributed by atoms with Gasteiger partial charge in [-0.1, -0.05) is 38.0 Å². The topological polar surface area (TPSA) is 105 Å². The van der Waals surface area contributed by atoms with Crippen LogP contribution in [0, 0.1) is 11.8 Å². The molecule has 4 rings (SSSR count). The molecule has 184 valence electrons. The fourth-order valence-corrected chi connectivity index (χ4v) is 5.42. The van der Waals surface area contributed by atoms with Crippen LogP contribution in [0.1, 0.15) is 61.6 Å². The second-order valence-electron chi connectivity index (χ2n) is 9.38. The lowest BCUT2D eigenvalue weighted by Crippen LogP contribution is -2.49. The number of hydrogen-bond donors (Lipinski definition) is 2. The van der Waals surface area contributed by atoms with E-state index in [0.29, 0.717) is 13.0 Å². The molecule has 2 aliphatic carbocycles. The fraction of sp³-hybridized carbons (Fsp3) is 0.577. The van der Waals surface area contributed by atoms with Crippen molar-refractivity contribution in [2.75, 3.05) is 26.8 Å². The van der Waals surface area contributed by atoms with Crippen LogP contribution in [-0.2, 0) is 20.7 Å². The highest BCUT2D eigenvalue weighted by atomic mass is 16.5. The Balaban J connectivity index is 1.63. The maximum absolute atomic E-state index is 13.0. The molecule has 1 aromatic carbocycles. The van der Waals surface area contributed by atoms with Crippen molar-refractivity contribution in [2.45, 2.75) is 57.4 Å². The summed E-state index contributed by atoms with van der Waals surface area (Å²) >= 11 is 0. The average molecular weight is 471 g/mol. The van der Waals surface area contributed by atoms with Crippen molar-refractivity contribution in [1.29, 1.82) is 0 Å². The summed E-state index contributed by atoms with van der Waals surface area (Å²) in [7, 11) is 1.70. The number of allylic oxidation sites excluding steroid dienone is 1. The third-order valence-corrected chi connectivity index (χ3v) is 7.31. The lowest BCUT2D eigenvalue weighted by atomic mass is 9.92. The third-order valence-electron chi connectivity index (χ3n) is 7.31. The van der Waals surface area contributed by atoms with Crippen LogP contribution in [0.15, 0.2) is 18.2 Å². The molecule has 34 heavy (non-hydrogen) atoms. The minimum atomic E-state index is -1.04. The number of aryl methyl sites for hydroxylation is 1. The van der Waals surface area contributed by atoms with Crippen LogP contribution >= 0.6 is 0 Å². The predicted molar refractivity (Wildman–Crippen MR) is 127 cm³/mol. The van der Waals surface area contributed by atoms with E-state index in [0.717, 1.165) is 43.4 Å². The number of carboxylic acids is 1. The van der Waals surface area contributed by atoms with Gasteiger partial charge in [0.25, 0.3) is 0 Å². The van der Waals surface area contributed by atoms with Crippen molar-refractivity contribution in [1.82, 2.24) is 10.2 Å². The monoisotopic (exact) mass is 470 g/mol. The van der Waals surface area contributed by atoms with E-state index in [1.54, 1.807) is 14.0 Å². The molecule has 1 heterocycles. The summed E-state index contributed by atoms with van der Waals surface area (Å²) in [6.07, 6.45) is 8.58. The molecule has 1 aliphatic heterocycles. The van der Waals surface area contributed by atoms with Crippen LogP contribution < -0.4 is 10.1 Å². The van der Waals surface area contributed by atoms with Gasteiger partial charge in [-0.3, -0.25) is 4.79 Å². The summed E-state index contributed by atoms with van der Waals surface area (Å²) < 4.78 is 10.9.